The largest absolute Gasteiger partial charge is 0.325 e. The molecule has 0 bridgehead atoms. The highest BCUT2D eigenvalue weighted by molar-refractivity contribution is 6.31. The fourth-order valence-electron chi connectivity index (χ4n) is 0.973. The van der Waals surface area contributed by atoms with E-state index in [0.717, 1.165) is 6.07 Å². The van der Waals surface area contributed by atoms with Crippen LogP contribution < -0.4 is 10.6 Å². The van der Waals surface area contributed by atoms with Gasteiger partial charge < -0.3 is 5.32 Å². The Bertz CT molecular complexity index is 449. The van der Waals surface area contributed by atoms with Gasteiger partial charge in [-0.3, -0.25) is 20.2 Å². The predicted octanol–water partition coefficient (Wildman–Crippen LogP) is 1.53. The van der Waals surface area contributed by atoms with Crippen molar-refractivity contribution in [2.45, 2.75) is 0 Å². The summed E-state index contributed by atoms with van der Waals surface area (Å²) in [6, 6.07) is 2.88. The summed E-state index contributed by atoms with van der Waals surface area (Å²) in [5, 5.41) is 14.7. The minimum Gasteiger partial charge on any atom is -0.302 e. The minimum atomic E-state index is -0.861. The summed E-state index contributed by atoms with van der Waals surface area (Å²) in [5.74, 6) is 0. The normalized spacial score (nSPS) is 9.31. The SMILES string of the molecule is O=CNC(=O)Nc1ccc(Cl)cc1[N+](=O)[O-]. The summed E-state index contributed by atoms with van der Waals surface area (Å²) in [7, 11) is 0. The molecule has 1 rings (SSSR count). The second-order valence-corrected chi connectivity index (χ2v) is 3.07. The van der Waals surface area contributed by atoms with Crippen molar-refractivity contribution in [1.29, 1.82) is 0 Å². The second-order valence-electron chi connectivity index (χ2n) is 2.63. The van der Waals surface area contributed by atoms with Gasteiger partial charge in [-0.2, -0.15) is 0 Å². The van der Waals surface area contributed by atoms with Crippen molar-refractivity contribution in [2.75, 3.05) is 5.32 Å². The first-order valence-corrected chi connectivity index (χ1v) is 4.37. The minimum absolute atomic E-state index is 0.0475. The number of anilines is 1. The van der Waals surface area contributed by atoms with E-state index in [1.54, 1.807) is 5.32 Å². The van der Waals surface area contributed by atoms with Crippen LogP contribution >= 0.6 is 11.6 Å². The molecular weight excluding hydrogens is 238 g/mol. The molecule has 0 heterocycles. The maximum absolute atomic E-state index is 11.0. The van der Waals surface area contributed by atoms with E-state index in [0.29, 0.717) is 0 Å². The van der Waals surface area contributed by atoms with Crippen LogP contribution in [0.5, 0.6) is 0 Å². The number of imide groups is 1. The molecule has 1 aromatic rings. The Kier molecular flexibility index (Phi) is 3.78. The molecule has 0 saturated heterocycles. The maximum atomic E-state index is 11.0. The van der Waals surface area contributed by atoms with Gasteiger partial charge in [0.25, 0.3) is 5.69 Å². The van der Waals surface area contributed by atoms with Crippen molar-refractivity contribution in [3.05, 3.63) is 33.3 Å². The van der Waals surface area contributed by atoms with Crippen LogP contribution in [0.4, 0.5) is 16.2 Å². The molecule has 84 valence electrons. The Balaban J connectivity index is 2.99. The third kappa shape index (κ3) is 2.92. The van der Waals surface area contributed by atoms with E-state index >= 15 is 0 Å². The van der Waals surface area contributed by atoms with Gasteiger partial charge in [0.15, 0.2) is 0 Å². The number of hydrogen-bond acceptors (Lipinski definition) is 4. The number of nitro groups is 1. The lowest BCUT2D eigenvalue weighted by Gasteiger charge is -2.04. The van der Waals surface area contributed by atoms with Gasteiger partial charge in [-0.1, -0.05) is 11.6 Å². The summed E-state index contributed by atoms with van der Waals surface area (Å²) in [4.78, 5) is 30.8. The number of nitrogens with zero attached hydrogens (tertiary/aromatic N) is 1. The van der Waals surface area contributed by atoms with Crippen molar-refractivity contribution >= 4 is 35.4 Å². The van der Waals surface area contributed by atoms with E-state index in [2.05, 4.69) is 5.32 Å². The average Bonchev–Trinajstić information content (AvgIpc) is 2.20. The molecule has 8 heteroatoms. The monoisotopic (exact) mass is 243 g/mol. The number of benzene rings is 1. The molecular formula is C8H6ClN3O4. The number of halogens is 1. The Labute approximate surface area is 94.5 Å². The number of carbonyl (C=O) groups excluding carboxylic acids is 2. The van der Waals surface area contributed by atoms with E-state index in [1.165, 1.54) is 12.1 Å². The molecule has 0 radical (unpaired) electrons. The highest BCUT2D eigenvalue weighted by Gasteiger charge is 2.15. The molecule has 0 saturated carbocycles. The maximum Gasteiger partial charge on any atom is 0.325 e. The third-order valence-corrected chi connectivity index (χ3v) is 1.83. The van der Waals surface area contributed by atoms with Crippen molar-refractivity contribution in [2.24, 2.45) is 0 Å². The molecule has 0 aromatic heterocycles. The fraction of sp³-hybridized carbons (Fsp3) is 0. The molecule has 7 nitrogen and oxygen atoms in total. The van der Waals surface area contributed by atoms with Crippen molar-refractivity contribution in [3.63, 3.8) is 0 Å². The van der Waals surface area contributed by atoms with Gasteiger partial charge in [0.05, 0.1) is 4.92 Å². The summed E-state index contributed by atoms with van der Waals surface area (Å²) in [6.07, 6.45) is 0.164. The number of rotatable bonds is 3. The standard InChI is InChI=1S/C8H6ClN3O4/c9-5-1-2-6(7(3-5)12(15)16)11-8(14)10-4-13/h1-4H,(H2,10,11,13,14). The van der Waals surface area contributed by atoms with Crippen LogP contribution in [-0.2, 0) is 4.79 Å². The molecule has 0 aliphatic rings. The molecule has 1 aromatic carbocycles. The van der Waals surface area contributed by atoms with Crippen molar-refractivity contribution in [1.82, 2.24) is 5.32 Å². The van der Waals surface area contributed by atoms with E-state index in [-0.39, 0.29) is 22.8 Å². The van der Waals surface area contributed by atoms with Crippen LogP contribution in [0.25, 0.3) is 0 Å². The average molecular weight is 244 g/mol. The van der Waals surface area contributed by atoms with Crippen LogP contribution in [0.3, 0.4) is 0 Å². The number of amides is 3. The number of urea groups is 1. The topological polar surface area (TPSA) is 101 Å². The smallest absolute Gasteiger partial charge is 0.302 e. The molecule has 0 atom stereocenters. The number of nitro benzene ring substituents is 1. The fourth-order valence-corrected chi connectivity index (χ4v) is 1.14. The summed E-state index contributed by atoms with van der Waals surface area (Å²) < 4.78 is 0. The van der Waals surface area contributed by atoms with Crippen LogP contribution in [0.15, 0.2) is 18.2 Å². The third-order valence-electron chi connectivity index (χ3n) is 1.59. The molecule has 0 spiro atoms. The van der Waals surface area contributed by atoms with Gasteiger partial charge in [0.2, 0.25) is 6.41 Å². The van der Waals surface area contributed by atoms with Gasteiger partial charge in [-0.05, 0) is 12.1 Å². The highest BCUT2D eigenvalue weighted by atomic mass is 35.5. The molecule has 0 fully saturated rings. The molecule has 2 N–H and O–H groups in total. The first-order chi connectivity index (χ1) is 7.54. The zero-order valence-electron chi connectivity index (χ0n) is 7.77. The summed E-state index contributed by atoms with van der Waals surface area (Å²) >= 11 is 5.57. The van der Waals surface area contributed by atoms with Crippen LogP contribution in [0.1, 0.15) is 0 Å². The quantitative estimate of drug-likeness (QED) is 0.477. The van der Waals surface area contributed by atoms with E-state index < -0.39 is 11.0 Å². The van der Waals surface area contributed by atoms with Crippen LogP contribution in [0, 0.1) is 10.1 Å². The van der Waals surface area contributed by atoms with Gasteiger partial charge in [-0.15, -0.1) is 0 Å². The molecule has 16 heavy (non-hydrogen) atoms. The highest BCUT2D eigenvalue weighted by Crippen LogP contribution is 2.27. The van der Waals surface area contributed by atoms with Gasteiger partial charge in [0, 0.05) is 11.1 Å². The molecule has 0 aliphatic carbocycles. The molecule has 0 aliphatic heterocycles. The lowest BCUT2D eigenvalue weighted by atomic mass is 10.2. The predicted molar refractivity (Wildman–Crippen MR) is 56.3 cm³/mol. The van der Waals surface area contributed by atoms with Crippen molar-refractivity contribution < 1.29 is 14.5 Å². The van der Waals surface area contributed by atoms with Gasteiger partial charge >= 0.3 is 6.03 Å². The Morgan fingerprint density at radius 1 is 1.50 bits per heavy atom. The summed E-state index contributed by atoms with van der Waals surface area (Å²) in [6.45, 7) is 0. The Morgan fingerprint density at radius 3 is 2.75 bits per heavy atom. The second kappa shape index (κ2) is 5.08. The first kappa shape index (κ1) is 11.9. The van der Waals surface area contributed by atoms with Gasteiger partial charge in [0.1, 0.15) is 5.69 Å². The first-order valence-electron chi connectivity index (χ1n) is 3.99. The lowest BCUT2D eigenvalue weighted by molar-refractivity contribution is -0.383. The Hall–Kier alpha value is -2.15. The lowest BCUT2D eigenvalue weighted by Crippen LogP contribution is -2.27. The van der Waals surface area contributed by atoms with E-state index in [4.69, 9.17) is 11.6 Å². The number of hydrogen-bond donors (Lipinski definition) is 2. The number of nitrogens with one attached hydrogen (secondary N) is 2. The van der Waals surface area contributed by atoms with Crippen molar-refractivity contribution in [3.8, 4) is 0 Å². The van der Waals surface area contributed by atoms with Crippen LogP contribution in [0.2, 0.25) is 5.02 Å². The van der Waals surface area contributed by atoms with E-state index in [9.17, 15) is 19.7 Å². The van der Waals surface area contributed by atoms with Gasteiger partial charge in [-0.25, -0.2) is 4.79 Å². The van der Waals surface area contributed by atoms with Crippen LogP contribution in [-0.4, -0.2) is 17.4 Å². The zero-order valence-corrected chi connectivity index (χ0v) is 8.52. The Morgan fingerprint density at radius 2 is 2.19 bits per heavy atom. The summed E-state index contributed by atoms with van der Waals surface area (Å²) in [5.41, 5.74) is -0.401. The molecule has 3 amide bonds. The molecule has 0 unspecified atom stereocenters. The zero-order chi connectivity index (χ0) is 12.1. The number of carbonyl (C=O) groups is 2. The van der Waals surface area contributed by atoms with E-state index in [1.807, 2.05) is 0 Å².